The van der Waals surface area contributed by atoms with E-state index in [2.05, 4.69) is 6.07 Å². The molecular weight excluding hydrogens is 250 g/mol. The van der Waals surface area contributed by atoms with Gasteiger partial charge in [-0.25, -0.2) is 0 Å². The minimum atomic E-state index is 0. The molecule has 1 atom stereocenters. The summed E-state index contributed by atoms with van der Waals surface area (Å²) < 4.78 is 10.8. The number of ether oxygens (including phenoxy) is 2. The molecule has 1 aromatic rings. The van der Waals surface area contributed by atoms with Gasteiger partial charge in [0.15, 0.2) is 11.5 Å². The standard InChI is InChI=1S/C14H21NO2.ClH/c1-3-17-12-8-7-11(9-13(12)16-2)14(15)10-5-4-6-10;/h7-10,14H,3-6,15H2,1-2H3;1H/t14-;/m1./s1. The molecule has 0 aliphatic heterocycles. The van der Waals surface area contributed by atoms with Crippen LogP contribution in [0.5, 0.6) is 11.5 Å². The lowest BCUT2D eigenvalue weighted by molar-refractivity contribution is 0.263. The quantitative estimate of drug-likeness (QED) is 0.894. The maximum absolute atomic E-state index is 6.25. The lowest BCUT2D eigenvalue weighted by Crippen LogP contribution is -2.26. The average molecular weight is 272 g/mol. The van der Waals surface area contributed by atoms with E-state index in [1.54, 1.807) is 7.11 Å². The minimum Gasteiger partial charge on any atom is -0.493 e. The predicted molar refractivity (Wildman–Crippen MR) is 75.7 cm³/mol. The third kappa shape index (κ3) is 3.09. The Hall–Kier alpha value is -0.930. The van der Waals surface area contributed by atoms with E-state index < -0.39 is 0 Å². The molecule has 1 fully saturated rings. The first-order chi connectivity index (χ1) is 8.26. The van der Waals surface area contributed by atoms with Crippen molar-refractivity contribution in [2.75, 3.05) is 13.7 Å². The van der Waals surface area contributed by atoms with Gasteiger partial charge in [0, 0.05) is 6.04 Å². The van der Waals surface area contributed by atoms with E-state index >= 15 is 0 Å². The van der Waals surface area contributed by atoms with E-state index in [-0.39, 0.29) is 18.4 Å². The number of benzene rings is 1. The highest BCUT2D eigenvalue weighted by atomic mass is 35.5. The molecule has 4 heteroatoms. The Morgan fingerprint density at radius 3 is 2.56 bits per heavy atom. The molecule has 1 saturated carbocycles. The third-order valence-corrected chi connectivity index (χ3v) is 3.53. The van der Waals surface area contributed by atoms with Gasteiger partial charge in [0.2, 0.25) is 0 Å². The zero-order valence-electron chi connectivity index (χ0n) is 11.0. The van der Waals surface area contributed by atoms with E-state index in [1.807, 2.05) is 19.1 Å². The maximum Gasteiger partial charge on any atom is 0.161 e. The van der Waals surface area contributed by atoms with Gasteiger partial charge in [-0.1, -0.05) is 12.5 Å². The van der Waals surface area contributed by atoms with E-state index in [1.165, 1.54) is 19.3 Å². The van der Waals surface area contributed by atoms with E-state index in [9.17, 15) is 0 Å². The zero-order valence-corrected chi connectivity index (χ0v) is 11.8. The molecule has 2 rings (SSSR count). The molecule has 1 aliphatic carbocycles. The molecule has 2 N–H and O–H groups in total. The summed E-state index contributed by atoms with van der Waals surface area (Å²) in [6, 6.07) is 6.15. The first kappa shape index (κ1) is 15.1. The Balaban J connectivity index is 0.00000162. The summed E-state index contributed by atoms with van der Waals surface area (Å²) in [5.74, 6) is 2.20. The highest BCUT2D eigenvalue weighted by molar-refractivity contribution is 5.85. The van der Waals surface area contributed by atoms with Crippen LogP contribution in [0.1, 0.15) is 37.8 Å². The first-order valence-electron chi connectivity index (χ1n) is 6.32. The van der Waals surface area contributed by atoms with Crippen LogP contribution in [0.4, 0.5) is 0 Å². The normalized spacial score (nSPS) is 16.4. The van der Waals surface area contributed by atoms with Crippen LogP contribution in [0.15, 0.2) is 18.2 Å². The summed E-state index contributed by atoms with van der Waals surface area (Å²) in [4.78, 5) is 0. The van der Waals surface area contributed by atoms with Gasteiger partial charge in [0.25, 0.3) is 0 Å². The van der Waals surface area contributed by atoms with Gasteiger partial charge in [-0.3, -0.25) is 0 Å². The fourth-order valence-corrected chi connectivity index (χ4v) is 2.24. The minimum absolute atomic E-state index is 0. The number of methoxy groups -OCH3 is 1. The van der Waals surface area contributed by atoms with Crippen LogP contribution in [0.2, 0.25) is 0 Å². The number of halogens is 1. The summed E-state index contributed by atoms with van der Waals surface area (Å²) in [6.45, 7) is 2.61. The van der Waals surface area contributed by atoms with E-state index in [0.29, 0.717) is 12.5 Å². The summed E-state index contributed by atoms with van der Waals surface area (Å²) in [5.41, 5.74) is 7.40. The second-order valence-corrected chi connectivity index (χ2v) is 4.56. The number of hydrogen-bond acceptors (Lipinski definition) is 3. The lowest BCUT2D eigenvalue weighted by atomic mass is 9.77. The topological polar surface area (TPSA) is 44.5 Å². The van der Waals surface area contributed by atoms with Gasteiger partial charge in [-0.05, 0) is 43.4 Å². The van der Waals surface area contributed by atoms with Crippen LogP contribution in [0, 0.1) is 5.92 Å². The summed E-state index contributed by atoms with van der Waals surface area (Å²) in [6.07, 6.45) is 3.81. The van der Waals surface area contributed by atoms with Crippen molar-refractivity contribution in [3.8, 4) is 11.5 Å². The van der Waals surface area contributed by atoms with Crippen LogP contribution in [0.3, 0.4) is 0 Å². The van der Waals surface area contributed by atoms with Crippen LogP contribution < -0.4 is 15.2 Å². The monoisotopic (exact) mass is 271 g/mol. The molecule has 1 aliphatic rings. The lowest BCUT2D eigenvalue weighted by Gasteiger charge is -2.31. The molecular formula is C14H22ClNO2. The summed E-state index contributed by atoms with van der Waals surface area (Å²) >= 11 is 0. The fraction of sp³-hybridized carbons (Fsp3) is 0.571. The molecule has 102 valence electrons. The molecule has 18 heavy (non-hydrogen) atoms. The summed E-state index contributed by atoms with van der Waals surface area (Å²) in [7, 11) is 1.66. The number of nitrogens with two attached hydrogens (primary N) is 1. The van der Waals surface area contributed by atoms with Gasteiger partial charge < -0.3 is 15.2 Å². The molecule has 0 spiro atoms. The SMILES string of the molecule is CCOc1ccc([C@H](N)C2CCC2)cc1OC.Cl. The number of hydrogen-bond donors (Lipinski definition) is 1. The van der Waals surface area contributed by atoms with Gasteiger partial charge in [0.05, 0.1) is 13.7 Å². The van der Waals surface area contributed by atoms with Crippen molar-refractivity contribution in [2.24, 2.45) is 11.7 Å². The van der Waals surface area contributed by atoms with E-state index in [4.69, 9.17) is 15.2 Å². The molecule has 3 nitrogen and oxygen atoms in total. The molecule has 1 aromatic carbocycles. The number of rotatable bonds is 5. The second kappa shape index (κ2) is 6.86. The smallest absolute Gasteiger partial charge is 0.161 e. The first-order valence-corrected chi connectivity index (χ1v) is 6.32. The molecule has 0 radical (unpaired) electrons. The molecule has 0 amide bonds. The Bertz CT molecular complexity index is 380. The zero-order chi connectivity index (χ0) is 12.3. The third-order valence-electron chi connectivity index (χ3n) is 3.53. The van der Waals surface area contributed by atoms with Crippen molar-refractivity contribution in [1.82, 2.24) is 0 Å². The molecule has 0 bridgehead atoms. The van der Waals surface area contributed by atoms with Crippen molar-refractivity contribution in [2.45, 2.75) is 32.2 Å². The van der Waals surface area contributed by atoms with Crippen molar-refractivity contribution in [3.63, 3.8) is 0 Å². The average Bonchev–Trinajstić information content (AvgIpc) is 2.27. The van der Waals surface area contributed by atoms with Gasteiger partial charge in [-0.2, -0.15) is 0 Å². The Morgan fingerprint density at radius 2 is 2.06 bits per heavy atom. The van der Waals surface area contributed by atoms with Crippen LogP contribution in [-0.4, -0.2) is 13.7 Å². The van der Waals surface area contributed by atoms with Gasteiger partial charge in [-0.15, -0.1) is 12.4 Å². The molecule has 0 aromatic heterocycles. The Morgan fingerprint density at radius 1 is 1.33 bits per heavy atom. The van der Waals surface area contributed by atoms with Crippen molar-refractivity contribution < 1.29 is 9.47 Å². The van der Waals surface area contributed by atoms with E-state index in [0.717, 1.165) is 17.1 Å². The Kier molecular flexibility index (Phi) is 5.76. The van der Waals surface area contributed by atoms with Gasteiger partial charge >= 0.3 is 0 Å². The van der Waals surface area contributed by atoms with Crippen LogP contribution in [0.25, 0.3) is 0 Å². The highest BCUT2D eigenvalue weighted by Crippen LogP contribution is 2.38. The van der Waals surface area contributed by atoms with Crippen LogP contribution >= 0.6 is 12.4 Å². The Labute approximate surface area is 115 Å². The highest BCUT2D eigenvalue weighted by Gasteiger charge is 2.26. The maximum atomic E-state index is 6.25. The van der Waals surface area contributed by atoms with Crippen molar-refractivity contribution >= 4 is 12.4 Å². The van der Waals surface area contributed by atoms with Crippen molar-refractivity contribution in [3.05, 3.63) is 23.8 Å². The second-order valence-electron chi connectivity index (χ2n) is 4.56. The molecule has 0 heterocycles. The van der Waals surface area contributed by atoms with Gasteiger partial charge in [0.1, 0.15) is 0 Å². The summed E-state index contributed by atoms with van der Waals surface area (Å²) in [5, 5.41) is 0. The molecule has 0 saturated heterocycles. The molecule has 0 unspecified atom stereocenters. The predicted octanol–water partition coefficient (Wildman–Crippen LogP) is 3.32. The van der Waals surface area contributed by atoms with Crippen LogP contribution in [-0.2, 0) is 0 Å². The largest absolute Gasteiger partial charge is 0.493 e. The van der Waals surface area contributed by atoms with Crippen molar-refractivity contribution in [1.29, 1.82) is 0 Å². The fourth-order valence-electron chi connectivity index (χ4n) is 2.24.